The van der Waals surface area contributed by atoms with Crippen molar-refractivity contribution >= 4 is 15.9 Å². The lowest BCUT2D eigenvalue weighted by molar-refractivity contribution is -0.134. The van der Waals surface area contributed by atoms with Crippen molar-refractivity contribution in [1.29, 1.82) is 0 Å². The number of nitrogens with zero attached hydrogens (tertiary/aromatic N) is 2. The van der Waals surface area contributed by atoms with Crippen LogP contribution in [0.3, 0.4) is 0 Å². The maximum absolute atomic E-state index is 13.3. The van der Waals surface area contributed by atoms with Crippen molar-refractivity contribution in [3.8, 4) is 0 Å². The third kappa shape index (κ3) is 7.27. The van der Waals surface area contributed by atoms with E-state index in [1.165, 1.54) is 0 Å². The molecule has 2 aliphatic rings. The van der Waals surface area contributed by atoms with Gasteiger partial charge in [0, 0.05) is 26.2 Å². The van der Waals surface area contributed by atoms with Gasteiger partial charge in [-0.25, -0.2) is 8.42 Å². The molecule has 2 aliphatic heterocycles. The molecule has 1 aromatic rings. The summed E-state index contributed by atoms with van der Waals surface area (Å²) in [5.74, 6) is 0.728. The normalized spacial score (nSPS) is 19.9. The Morgan fingerprint density at radius 3 is 2.31 bits per heavy atom. The second-order valence-electron chi connectivity index (χ2n) is 9.63. The fraction of sp³-hybridized carbons (Fsp3) is 0.708. The first kappa shape index (κ1) is 25.1. The van der Waals surface area contributed by atoms with Gasteiger partial charge in [-0.05, 0) is 63.1 Å². The number of amides is 1. The summed E-state index contributed by atoms with van der Waals surface area (Å²) >= 11 is 0. The molecule has 0 saturated carbocycles. The Balaban J connectivity index is 1.55. The van der Waals surface area contributed by atoms with Gasteiger partial charge in [-0.2, -0.15) is 4.72 Å². The summed E-state index contributed by atoms with van der Waals surface area (Å²) in [7, 11) is -3.75. The molecule has 8 heteroatoms. The molecule has 0 spiro atoms. The van der Waals surface area contributed by atoms with Crippen LogP contribution < -0.4 is 4.72 Å². The average molecular weight is 466 g/mol. The van der Waals surface area contributed by atoms with Gasteiger partial charge in [0.15, 0.2) is 0 Å². The molecule has 3 rings (SSSR count). The predicted octanol–water partition coefficient (Wildman–Crippen LogP) is 2.65. The van der Waals surface area contributed by atoms with Crippen LogP contribution in [0.5, 0.6) is 0 Å². The zero-order valence-corrected chi connectivity index (χ0v) is 20.6. The zero-order chi connectivity index (χ0) is 23.1. The largest absolute Gasteiger partial charge is 0.379 e. The standard InChI is InChI=1S/C24H39N3O4S/c1-19(2)18-23(25-32(29,30)22-6-4-20(3)5-7-22)24(28)27-12-9-21(10-13-27)8-11-26-14-16-31-17-15-26/h4-7,19,21,23,25H,8-18H2,1-3H3. The maximum Gasteiger partial charge on any atom is 0.241 e. The van der Waals surface area contributed by atoms with Gasteiger partial charge >= 0.3 is 0 Å². The topological polar surface area (TPSA) is 79.0 Å². The van der Waals surface area contributed by atoms with Crippen LogP contribution in [0.1, 0.15) is 45.1 Å². The Morgan fingerprint density at radius 1 is 1.09 bits per heavy atom. The van der Waals surface area contributed by atoms with Crippen molar-refractivity contribution in [2.75, 3.05) is 45.9 Å². The molecule has 7 nitrogen and oxygen atoms in total. The van der Waals surface area contributed by atoms with Crippen LogP contribution in [0.4, 0.5) is 0 Å². The summed E-state index contributed by atoms with van der Waals surface area (Å²) in [6.07, 6.45) is 3.60. The third-order valence-corrected chi connectivity index (χ3v) is 8.00. The number of piperidine rings is 1. The number of carbonyl (C=O) groups is 1. The number of hydrogen-bond donors (Lipinski definition) is 1. The van der Waals surface area contributed by atoms with Gasteiger partial charge in [0.05, 0.1) is 18.1 Å². The smallest absolute Gasteiger partial charge is 0.241 e. The minimum Gasteiger partial charge on any atom is -0.379 e. The molecule has 0 bridgehead atoms. The summed E-state index contributed by atoms with van der Waals surface area (Å²) in [4.78, 5) is 17.8. The van der Waals surface area contributed by atoms with Crippen LogP contribution in [0.2, 0.25) is 0 Å². The fourth-order valence-corrected chi connectivity index (χ4v) is 5.70. The van der Waals surface area contributed by atoms with Gasteiger partial charge in [0.2, 0.25) is 15.9 Å². The van der Waals surface area contributed by atoms with Crippen LogP contribution in [0.15, 0.2) is 29.2 Å². The molecular formula is C24H39N3O4S. The molecule has 0 aromatic heterocycles. The van der Waals surface area contributed by atoms with E-state index in [1.54, 1.807) is 24.3 Å². The summed E-state index contributed by atoms with van der Waals surface area (Å²) in [5, 5.41) is 0. The maximum atomic E-state index is 13.3. The van der Waals surface area contributed by atoms with Crippen molar-refractivity contribution in [3.63, 3.8) is 0 Å². The number of nitrogens with one attached hydrogen (secondary N) is 1. The SMILES string of the molecule is Cc1ccc(S(=O)(=O)NC(CC(C)C)C(=O)N2CCC(CCN3CCOCC3)CC2)cc1. The second-order valence-corrected chi connectivity index (χ2v) is 11.3. The molecule has 0 radical (unpaired) electrons. The van der Waals surface area contributed by atoms with Crippen molar-refractivity contribution in [2.24, 2.45) is 11.8 Å². The molecule has 1 aromatic carbocycles. The first-order valence-corrected chi connectivity index (χ1v) is 13.4. The molecule has 0 aliphatic carbocycles. The summed E-state index contributed by atoms with van der Waals surface area (Å²) < 4.78 is 33.9. The zero-order valence-electron chi connectivity index (χ0n) is 19.8. The molecule has 1 unspecified atom stereocenters. The molecule has 1 amide bonds. The van der Waals surface area contributed by atoms with Gasteiger partial charge in [-0.3, -0.25) is 9.69 Å². The summed E-state index contributed by atoms with van der Waals surface area (Å²) in [5.41, 5.74) is 0.996. The number of carbonyl (C=O) groups excluding carboxylic acids is 1. The van der Waals surface area contributed by atoms with E-state index in [2.05, 4.69) is 9.62 Å². The highest BCUT2D eigenvalue weighted by molar-refractivity contribution is 7.89. The predicted molar refractivity (Wildman–Crippen MR) is 126 cm³/mol. The number of aryl methyl sites for hydroxylation is 1. The number of sulfonamides is 1. The summed E-state index contributed by atoms with van der Waals surface area (Å²) in [6.45, 7) is 12.1. The van der Waals surface area contributed by atoms with E-state index < -0.39 is 16.1 Å². The molecule has 32 heavy (non-hydrogen) atoms. The molecule has 2 saturated heterocycles. The summed E-state index contributed by atoms with van der Waals surface area (Å²) in [6, 6.07) is 6.00. The Morgan fingerprint density at radius 2 is 1.72 bits per heavy atom. The minimum absolute atomic E-state index is 0.0963. The number of hydrogen-bond acceptors (Lipinski definition) is 5. The molecule has 1 atom stereocenters. The molecule has 1 N–H and O–H groups in total. The Kier molecular flexibility index (Phi) is 9.11. The van der Waals surface area contributed by atoms with Crippen LogP contribution in [0, 0.1) is 18.8 Å². The minimum atomic E-state index is -3.75. The second kappa shape index (κ2) is 11.6. The first-order valence-electron chi connectivity index (χ1n) is 11.9. The van der Waals surface area contributed by atoms with Gasteiger partial charge in [-0.15, -0.1) is 0 Å². The van der Waals surface area contributed by atoms with Crippen LogP contribution in [-0.2, 0) is 19.6 Å². The van der Waals surface area contributed by atoms with E-state index in [0.717, 1.165) is 57.7 Å². The number of rotatable bonds is 9. The van der Waals surface area contributed by atoms with E-state index in [1.807, 2.05) is 25.7 Å². The first-order chi connectivity index (χ1) is 15.2. The van der Waals surface area contributed by atoms with E-state index >= 15 is 0 Å². The Labute approximate surface area is 193 Å². The van der Waals surface area contributed by atoms with Gasteiger partial charge in [0.1, 0.15) is 6.04 Å². The van der Waals surface area contributed by atoms with Crippen molar-refractivity contribution < 1.29 is 17.9 Å². The van der Waals surface area contributed by atoms with E-state index in [9.17, 15) is 13.2 Å². The molecule has 180 valence electrons. The number of likely N-dealkylation sites (tertiary alicyclic amines) is 1. The lowest BCUT2D eigenvalue weighted by Crippen LogP contribution is -2.51. The third-order valence-electron chi connectivity index (χ3n) is 6.52. The fourth-order valence-electron chi connectivity index (χ4n) is 4.50. The highest BCUT2D eigenvalue weighted by atomic mass is 32.2. The van der Waals surface area contributed by atoms with E-state index in [-0.39, 0.29) is 16.7 Å². The lowest BCUT2D eigenvalue weighted by atomic mass is 9.92. The lowest BCUT2D eigenvalue weighted by Gasteiger charge is -2.36. The van der Waals surface area contributed by atoms with E-state index in [4.69, 9.17) is 4.74 Å². The molecule has 2 fully saturated rings. The number of morpholine rings is 1. The van der Waals surface area contributed by atoms with Crippen molar-refractivity contribution in [1.82, 2.24) is 14.5 Å². The highest BCUT2D eigenvalue weighted by Crippen LogP contribution is 2.23. The van der Waals surface area contributed by atoms with Gasteiger partial charge in [0.25, 0.3) is 0 Å². The van der Waals surface area contributed by atoms with Gasteiger partial charge < -0.3 is 9.64 Å². The van der Waals surface area contributed by atoms with Crippen LogP contribution >= 0.6 is 0 Å². The highest BCUT2D eigenvalue weighted by Gasteiger charge is 2.32. The Bertz CT molecular complexity index is 827. The van der Waals surface area contributed by atoms with Crippen LogP contribution in [0.25, 0.3) is 0 Å². The molecule has 2 heterocycles. The van der Waals surface area contributed by atoms with Crippen molar-refractivity contribution in [3.05, 3.63) is 29.8 Å². The van der Waals surface area contributed by atoms with Crippen molar-refractivity contribution in [2.45, 2.75) is 57.4 Å². The number of benzene rings is 1. The Hall–Kier alpha value is -1.48. The monoisotopic (exact) mass is 465 g/mol. The van der Waals surface area contributed by atoms with E-state index in [0.29, 0.717) is 25.4 Å². The molecular weight excluding hydrogens is 426 g/mol. The quantitative estimate of drug-likeness (QED) is 0.607. The number of ether oxygens (including phenoxy) is 1. The average Bonchev–Trinajstić information content (AvgIpc) is 2.77. The van der Waals surface area contributed by atoms with Gasteiger partial charge in [-0.1, -0.05) is 31.5 Å². The van der Waals surface area contributed by atoms with Crippen LogP contribution in [-0.4, -0.2) is 76.1 Å².